The molecule has 2 heterocycles. The first kappa shape index (κ1) is 30.0. The molecule has 0 aliphatic carbocycles. The van der Waals surface area contributed by atoms with E-state index in [9.17, 15) is 14.4 Å². The summed E-state index contributed by atoms with van der Waals surface area (Å²) < 4.78 is 0. The zero-order valence-electron chi connectivity index (χ0n) is 25.2. The van der Waals surface area contributed by atoms with Gasteiger partial charge in [-0.15, -0.1) is 0 Å². The minimum Gasteiger partial charge on any atom is -0.361 e. The molecule has 1 aliphatic rings. The van der Waals surface area contributed by atoms with E-state index in [1.165, 1.54) is 0 Å². The number of likely N-dealkylation sites (N-methyl/N-ethyl adjacent to an activating group) is 1. The molecule has 0 saturated carbocycles. The second-order valence-electron chi connectivity index (χ2n) is 11.7. The normalized spacial score (nSPS) is 15.3. The Balaban J connectivity index is 1.31. The van der Waals surface area contributed by atoms with Crippen LogP contribution in [0.25, 0.3) is 10.9 Å². The van der Waals surface area contributed by atoms with Crippen LogP contribution in [0.1, 0.15) is 47.2 Å². The lowest BCUT2D eigenvalue weighted by molar-refractivity contribution is -0.130. The first-order chi connectivity index (χ1) is 20.8. The van der Waals surface area contributed by atoms with Crippen LogP contribution < -0.4 is 10.6 Å². The van der Waals surface area contributed by atoms with E-state index >= 15 is 0 Å². The summed E-state index contributed by atoms with van der Waals surface area (Å²) in [6.07, 6.45) is 3.90. The van der Waals surface area contributed by atoms with E-state index in [-0.39, 0.29) is 29.6 Å². The fourth-order valence-corrected chi connectivity index (χ4v) is 5.82. The number of fused-ring (bicyclic) bond motifs is 1. The number of H-pyrrole nitrogens is 1. The Kier molecular flexibility index (Phi) is 9.57. The van der Waals surface area contributed by atoms with Crippen molar-refractivity contribution >= 4 is 34.3 Å². The number of rotatable bonds is 10. The monoisotopic (exact) mass is 579 g/mol. The van der Waals surface area contributed by atoms with Gasteiger partial charge < -0.3 is 25.4 Å². The van der Waals surface area contributed by atoms with E-state index in [1.807, 2.05) is 100 Å². The van der Waals surface area contributed by atoms with Crippen LogP contribution in [0.4, 0.5) is 5.69 Å². The third kappa shape index (κ3) is 7.32. The molecule has 43 heavy (non-hydrogen) atoms. The predicted molar refractivity (Wildman–Crippen MR) is 171 cm³/mol. The Labute approximate surface area is 253 Å². The van der Waals surface area contributed by atoms with Gasteiger partial charge in [-0.25, -0.2) is 0 Å². The third-order valence-electron chi connectivity index (χ3n) is 8.41. The molecule has 0 unspecified atom stereocenters. The summed E-state index contributed by atoms with van der Waals surface area (Å²) in [4.78, 5) is 47.7. The lowest BCUT2D eigenvalue weighted by Crippen LogP contribution is -2.50. The summed E-state index contributed by atoms with van der Waals surface area (Å²) in [6, 6.07) is 24.3. The van der Waals surface area contributed by atoms with Gasteiger partial charge in [-0.2, -0.15) is 0 Å². The first-order valence-corrected chi connectivity index (χ1v) is 15.1. The predicted octanol–water partition coefficient (Wildman–Crippen LogP) is 5.05. The number of piperidine rings is 1. The molecule has 8 heteroatoms. The van der Waals surface area contributed by atoms with Crippen molar-refractivity contribution in [1.82, 2.24) is 20.1 Å². The van der Waals surface area contributed by atoms with E-state index < -0.39 is 6.04 Å². The number of hydrogen-bond donors (Lipinski definition) is 3. The standard InChI is InChI=1S/C35H41N5O3/c1-24(30-23-36-31-15-8-7-14-29(30)31)32(34(42)37-28-13-9-10-25(22-28)16-19-39(2)3)38-33(41)26-17-20-40(21-18-26)35(43)27-11-5-4-6-12-27/h4-15,22-24,26,32,36H,16-21H2,1-3H3,(H,37,42)(H,38,41)/t24-,32-/m1/s1. The molecule has 1 fully saturated rings. The van der Waals surface area contributed by atoms with Crippen molar-refractivity contribution in [2.75, 3.05) is 39.0 Å². The van der Waals surface area contributed by atoms with Crippen LogP contribution in [0.3, 0.4) is 0 Å². The van der Waals surface area contributed by atoms with Gasteiger partial charge in [-0.3, -0.25) is 14.4 Å². The van der Waals surface area contributed by atoms with Crippen LogP contribution >= 0.6 is 0 Å². The fraction of sp³-hybridized carbons (Fsp3) is 0.343. The van der Waals surface area contributed by atoms with Crippen LogP contribution in [0.2, 0.25) is 0 Å². The third-order valence-corrected chi connectivity index (χ3v) is 8.41. The van der Waals surface area contributed by atoms with Crippen molar-refractivity contribution in [3.05, 3.63) is 102 Å². The second kappa shape index (κ2) is 13.7. The molecule has 0 spiro atoms. The molecule has 2 atom stereocenters. The quantitative estimate of drug-likeness (QED) is 0.245. The Hall–Kier alpha value is -4.43. The first-order valence-electron chi connectivity index (χ1n) is 15.1. The summed E-state index contributed by atoms with van der Waals surface area (Å²) in [5.74, 6) is -1.00. The summed E-state index contributed by atoms with van der Waals surface area (Å²) in [5, 5.41) is 7.22. The number of aromatic nitrogens is 1. The molecule has 1 aliphatic heterocycles. The summed E-state index contributed by atoms with van der Waals surface area (Å²) in [6.45, 7) is 3.89. The number of hydrogen-bond acceptors (Lipinski definition) is 4. The molecular weight excluding hydrogens is 538 g/mol. The summed E-state index contributed by atoms with van der Waals surface area (Å²) >= 11 is 0. The lowest BCUT2D eigenvalue weighted by Gasteiger charge is -2.33. The van der Waals surface area contributed by atoms with Crippen LogP contribution in [0.5, 0.6) is 0 Å². The Morgan fingerprint density at radius 3 is 2.42 bits per heavy atom. The number of likely N-dealkylation sites (tertiary alicyclic amines) is 1. The number of anilines is 1. The van der Waals surface area contributed by atoms with E-state index in [2.05, 4.69) is 26.6 Å². The highest BCUT2D eigenvalue weighted by atomic mass is 16.2. The van der Waals surface area contributed by atoms with E-state index in [0.717, 1.165) is 35.0 Å². The molecule has 1 saturated heterocycles. The van der Waals surface area contributed by atoms with Crippen LogP contribution in [-0.2, 0) is 16.0 Å². The van der Waals surface area contributed by atoms with Crippen molar-refractivity contribution in [1.29, 1.82) is 0 Å². The smallest absolute Gasteiger partial charge is 0.253 e. The number of benzene rings is 3. The zero-order valence-corrected chi connectivity index (χ0v) is 25.2. The molecule has 1 aromatic heterocycles. The maximum absolute atomic E-state index is 13.9. The summed E-state index contributed by atoms with van der Waals surface area (Å²) in [7, 11) is 4.08. The average Bonchev–Trinajstić information content (AvgIpc) is 3.47. The van der Waals surface area contributed by atoms with Crippen molar-refractivity contribution in [3.8, 4) is 0 Å². The molecule has 5 rings (SSSR count). The SMILES string of the molecule is C[C@H](c1c[nH]c2ccccc12)[C@@H](NC(=O)C1CCN(C(=O)c2ccccc2)CC1)C(=O)Nc1cccc(CCN(C)C)c1. The minimum atomic E-state index is -0.791. The van der Waals surface area contributed by atoms with E-state index in [0.29, 0.717) is 37.2 Å². The van der Waals surface area contributed by atoms with Gasteiger partial charge in [0.15, 0.2) is 0 Å². The molecule has 224 valence electrons. The molecule has 4 aromatic rings. The Morgan fingerprint density at radius 1 is 0.953 bits per heavy atom. The Morgan fingerprint density at radius 2 is 1.67 bits per heavy atom. The number of carbonyl (C=O) groups is 3. The van der Waals surface area contributed by atoms with Crippen molar-refractivity contribution in [2.45, 2.75) is 38.1 Å². The maximum Gasteiger partial charge on any atom is 0.253 e. The number of aromatic amines is 1. The van der Waals surface area contributed by atoms with Crippen LogP contribution in [0.15, 0.2) is 85.1 Å². The molecular formula is C35H41N5O3. The highest BCUT2D eigenvalue weighted by Crippen LogP contribution is 2.29. The zero-order chi connectivity index (χ0) is 30.3. The van der Waals surface area contributed by atoms with Gasteiger partial charge in [0.25, 0.3) is 5.91 Å². The van der Waals surface area contributed by atoms with Gasteiger partial charge in [0.1, 0.15) is 6.04 Å². The van der Waals surface area contributed by atoms with Gasteiger partial charge in [0.05, 0.1) is 0 Å². The number of amides is 3. The number of nitrogens with one attached hydrogen (secondary N) is 3. The topological polar surface area (TPSA) is 97.5 Å². The number of para-hydroxylation sites is 1. The highest BCUT2D eigenvalue weighted by molar-refractivity contribution is 5.99. The van der Waals surface area contributed by atoms with Crippen molar-refractivity contribution < 1.29 is 14.4 Å². The molecule has 3 N–H and O–H groups in total. The lowest BCUT2D eigenvalue weighted by atomic mass is 9.90. The van der Waals surface area contributed by atoms with Gasteiger partial charge >= 0.3 is 0 Å². The van der Waals surface area contributed by atoms with Crippen LogP contribution in [0, 0.1) is 5.92 Å². The second-order valence-corrected chi connectivity index (χ2v) is 11.7. The average molecular weight is 580 g/mol. The van der Waals surface area contributed by atoms with Gasteiger partial charge in [-0.1, -0.05) is 55.5 Å². The minimum absolute atomic E-state index is 0.0162. The molecule has 0 radical (unpaired) electrons. The molecule has 3 amide bonds. The molecule has 8 nitrogen and oxygen atoms in total. The fourth-order valence-electron chi connectivity index (χ4n) is 5.82. The van der Waals surface area contributed by atoms with Gasteiger partial charge in [0.2, 0.25) is 11.8 Å². The van der Waals surface area contributed by atoms with Crippen molar-refractivity contribution in [3.63, 3.8) is 0 Å². The van der Waals surface area contributed by atoms with Crippen LogP contribution in [-0.4, -0.2) is 72.3 Å². The largest absolute Gasteiger partial charge is 0.361 e. The highest BCUT2D eigenvalue weighted by Gasteiger charge is 2.34. The number of nitrogens with zero attached hydrogens (tertiary/aromatic N) is 2. The molecule has 3 aromatic carbocycles. The van der Waals surface area contributed by atoms with Gasteiger partial charge in [-0.05, 0) is 74.8 Å². The summed E-state index contributed by atoms with van der Waals surface area (Å²) in [5.41, 5.74) is 4.45. The number of carbonyl (C=O) groups excluding carboxylic acids is 3. The van der Waals surface area contributed by atoms with E-state index in [1.54, 1.807) is 4.90 Å². The van der Waals surface area contributed by atoms with Crippen molar-refractivity contribution in [2.24, 2.45) is 5.92 Å². The molecule has 0 bridgehead atoms. The maximum atomic E-state index is 13.9. The Bertz CT molecular complexity index is 1560. The van der Waals surface area contributed by atoms with E-state index in [4.69, 9.17) is 0 Å². The van der Waals surface area contributed by atoms with Gasteiger partial charge in [0, 0.05) is 59.8 Å².